The van der Waals surface area contributed by atoms with E-state index in [2.05, 4.69) is 31.2 Å². The fourth-order valence-corrected chi connectivity index (χ4v) is 4.99. The summed E-state index contributed by atoms with van der Waals surface area (Å²) in [5.41, 5.74) is 2.03. The standard InChI is InChI=1S/C22H19BrClFN4O2/c23-12-3-1-11(16(25)7-12)2-6-19(30)29-9-14-15(10-29)20(14)21(31)28-22-26-17-5-4-13(24)8-18(17)27-22/h1,3-5,7-8,14-15,20H,2,6,9-10H2,(H2,26,27,28,31)/t14-,15-/m0/s1. The predicted octanol–water partition coefficient (Wildman–Crippen LogP) is 4.39. The molecule has 0 unspecified atom stereocenters. The van der Waals surface area contributed by atoms with Crippen LogP contribution in [0.3, 0.4) is 0 Å². The summed E-state index contributed by atoms with van der Waals surface area (Å²) in [6.45, 7) is 1.14. The molecule has 6 nitrogen and oxygen atoms in total. The van der Waals surface area contributed by atoms with Gasteiger partial charge in [0.1, 0.15) is 5.82 Å². The molecular weight excluding hydrogens is 487 g/mol. The van der Waals surface area contributed by atoms with E-state index < -0.39 is 0 Å². The van der Waals surface area contributed by atoms with E-state index in [0.717, 1.165) is 11.0 Å². The zero-order valence-electron chi connectivity index (χ0n) is 16.4. The van der Waals surface area contributed by atoms with Gasteiger partial charge in [-0.3, -0.25) is 14.9 Å². The van der Waals surface area contributed by atoms with Gasteiger partial charge in [-0.2, -0.15) is 0 Å². The first-order chi connectivity index (χ1) is 14.9. The molecule has 160 valence electrons. The zero-order chi connectivity index (χ0) is 21.7. The highest BCUT2D eigenvalue weighted by Gasteiger charge is 2.60. The van der Waals surface area contributed by atoms with Crippen LogP contribution in [0.5, 0.6) is 0 Å². The molecule has 2 atom stereocenters. The molecule has 1 saturated heterocycles. The Morgan fingerprint density at radius 1 is 1.23 bits per heavy atom. The quantitative estimate of drug-likeness (QED) is 0.540. The maximum atomic E-state index is 13.9. The molecule has 2 aromatic carbocycles. The Morgan fingerprint density at radius 3 is 2.74 bits per heavy atom. The number of aryl methyl sites for hydroxylation is 1. The Labute approximate surface area is 191 Å². The number of benzene rings is 2. The average Bonchev–Trinajstić information content (AvgIpc) is 3.04. The maximum absolute atomic E-state index is 13.9. The number of halogens is 3. The lowest BCUT2D eigenvalue weighted by atomic mass is 10.1. The summed E-state index contributed by atoms with van der Waals surface area (Å²) in [5, 5.41) is 3.44. The van der Waals surface area contributed by atoms with Crippen LogP contribution in [0.25, 0.3) is 11.0 Å². The van der Waals surface area contributed by atoms with Gasteiger partial charge in [-0.05, 0) is 54.2 Å². The summed E-state index contributed by atoms with van der Waals surface area (Å²) >= 11 is 9.21. The van der Waals surface area contributed by atoms with E-state index in [1.54, 1.807) is 35.2 Å². The third kappa shape index (κ3) is 4.06. The summed E-state index contributed by atoms with van der Waals surface area (Å²) < 4.78 is 14.6. The highest BCUT2D eigenvalue weighted by molar-refractivity contribution is 9.10. The van der Waals surface area contributed by atoms with Gasteiger partial charge in [-0.15, -0.1) is 0 Å². The number of amides is 2. The lowest BCUT2D eigenvalue weighted by Gasteiger charge is -2.19. The Balaban J connectivity index is 1.13. The van der Waals surface area contributed by atoms with Crippen LogP contribution in [0.4, 0.5) is 10.3 Å². The van der Waals surface area contributed by atoms with Crippen molar-refractivity contribution in [3.63, 3.8) is 0 Å². The molecule has 2 aliphatic rings. The molecule has 1 aliphatic heterocycles. The van der Waals surface area contributed by atoms with E-state index in [1.807, 2.05) is 0 Å². The molecule has 1 aromatic heterocycles. The summed E-state index contributed by atoms with van der Waals surface area (Å²) in [5.74, 6) is 0.254. The molecule has 2 heterocycles. The van der Waals surface area contributed by atoms with Crippen molar-refractivity contribution in [1.29, 1.82) is 0 Å². The summed E-state index contributed by atoms with van der Waals surface area (Å²) in [6.07, 6.45) is 0.625. The molecule has 2 fully saturated rings. The monoisotopic (exact) mass is 504 g/mol. The number of carbonyl (C=O) groups is 2. The van der Waals surface area contributed by atoms with Gasteiger partial charge in [0.05, 0.1) is 11.0 Å². The van der Waals surface area contributed by atoms with Gasteiger partial charge < -0.3 is 9.88 Å². The van der Waals surface area contributed by atoms with Crippen LogP contribution in [0.1, 0.15) is 12.0 Å². The second kappa shape index (κ2) is 7.91. The lowest BCUT2D eigenvalue weighted by Crippen LogP contribution is -2.33. The Bertz CT molecular complexity index is 1190. The van der Waals surface area contributed by atoms with Crippen molar-refractivity contribution in [1.82, 2.24) is 14.9 Å². The number of piperidine rings is 1. The van der Waals surface area contributed by atoms with Crippen LogP contribution < -0.4 is 5.32 Å². The van der Waals surface area contributed by atoms with Crippen LogP contribution in [-0.2, 0) is 16.0 Å². The molecule has 2 amide bonds. The molecule has 3 aromatic rings. The summed E-state index contributed by atoms with van der Waals surface area (Å²) in [4.78, 5) is 34.4. The fourth-order valence-electron chi connectivity index (χ4n) is 4.48. The SMILES string of the molecule is O=C(Nc1nc2ccc(Cl)cc2[nH]1)C1[C@H]2CN(C(=O)CCc3ccc(Br)cc3F)C[C@H]12. The van der Waals surface area contributed by atoms with E-state index >= 15 is 0 Å². The number of nitrogens with one attached hydrogen (secondary N) is 2. The molecule has 2 N–H and O–H groups in total. The minimum absolute atomic E-state index is 0.00263. The van der Waals surface area contributed by atoms with E-state index in [9.17, 15) is 14.0 Å². The number of aromatic amines is 1. The number of H-pyrrole nitrogens is 1. The van der Waals surface area contributed by atoms with Crippen LogP contribution in [-0.4, -0.2) is 39.8 Å². The highest BCUT2D eigenvalue weighted by atomic mass is 79.9. The van der Waals surface area contributed by atoms with Gasteiger partial charge in [0.15, 0.2) is 0 Å². The van der Waals surface area contributed by atoms with Crippen molar-refractivity contribution in [2.24, 2.45) is 17.8 Å². The van der Waals surface area contributed by atoms with Crippen molar-refractivity contribution in [3.8, 4) is 0 Å². The van der Waals surface area contributed by atoms with E-state index in [1.165, 1.54) is 6.07 Å². The van der Waals surface area contributed by atoms with Crippen LogP contribution in [0.2, 0.25) is 5.02 Å². The Hall–Kier alpha value is -2.45. The van der Waals surface area contributed by atoms with Gasteiger partial charge >= 0.3 is 0 Å². The first-order valence-electron chi connectivity index (χ1n) is 10.1. The van der Waals surface area contributed by atoms with Gasteiger partial charge in [0, 0.05) is 34.9 Å². The number of aromatic nitrogens is 2. The molecule has 31 heavy (non-hydrogen) atoms. The number of carbonyl (C=O) groups excluding carboxylic acids is 2. The number of hydrogen-bond acceptors (Lipinski definition) is 3. The van der Waals surface area contributed by atoms with E-state index in [4.69, 9.17) is 11.6 Å². The fraction of sp³-hybridized carbons (Fsp3) is 0.318. The largest absolute Gasteiger partial charge is 0.342 e. The first kappa shape index (κ1) is 20.5. The Kier molecular flexibility index (Phi) is 5.22. The number of fused-ring (bicyclic) bond motifs is 2. The van der Waals surface area contributed by atoms with E-state index in [-0.39, 0.29) is 41.8 Å². The topological polar surface area (TPSA) is 78.1 Å². The summed E-state index contributed by atoms with van der Waals surface area (Å²) in [6, 6.07) is 10.2. The van der Waals surface area contributed by atoms with Crippen molar-refractivity contribution in [2.45, 2.75) is 12.8 Å². The number of likely N-dealkylation sites (tertiary alicyclic amines) is 1. The van der Waals surface area contributed by atoms with Crippen molar-refractivity contribution >= 4 is 56.3 Å². The van der Waals surface area contributed by atoms with Crippen LogP contribution >= 0.6 is 27.5 Å². The number of imidazole rings is 1. The molecule has 0 bridgehead atoms. The first-order valence-corrected chi connectivity index (χ1v) is 11.2. The highest BCUT2D eigenvalue weighted by Crippen LogP contribution is 2.52. The molecule has 9 heteroatoms. The second-order valence-corrected chi connectivity index (χ2v) is 9.48. The lowest BCUT2D eigenvalue weighted by molar-refractivity contribution is -0.131. The minimum Gasteiger partial charge on any atom is -0.342 e. The molecule has 0 radical (unpaired) electrons. The van der Waals surface area contributed by atoms with Gasteiger partial charge in [0.25, 0.3) is 0 Å². The number of nitrogens with zero attached hydrogens (tertiary/aromatic N) is 2. The van der Waals surface area contributed by atoms with Crippen molar-refractivity contribution in [2.75, 3.05) is 18.4 Å². The maximum Gasteiger partial charge on any atom is 0.230 e. The normalized spacial score (nSPS) is 21.9. The van der Waals surface area contributed by atoms with Gasteiger partial charge in [-0.1, -0.05) is 33.6 Å². The third-order valence-corrected chi connectivity index (χ3v) is 6.89. The average molecular weight is 506 g/mol. The smallest absolute Gasteiger partial charge is 0.230 e. The van der Waals surface area contributed by atoms with E-state index in [0.29, 0.717) is 40.5 Å². The third-order valence-electron chi connectivity index (χ3n) is 6.16. The molecule has 1 saturated carbocycles. The second-order valence-electron chi connectivity index (χ2n) is 8.12. The van der Waals surface area contributed by atoms with Gasteiger partial charge in [0.2, 0.25) is 17.8 Å². The molecule has 5 rings (SSSR count). The summed E-state index contributed by atoms with van der Waals surface area (Å²) in [7, 11) is 0. The number of anilines is 1. The Morgan fingerprint density at radius 2 is 2.00 bits per heavy atom. The number of rotatable bonds is 5. The molecule has 1 aliphatic carbocycles. The van der Waals surface area contributed by atoms with Crippen molar-refractivity contribution in [3.05, 3.63) is 57.3 Å². The van der Waals surface area contributed by atoms with Crippen LogP contribution in [0.15, 0.2) is 40.9 Å². The van der Waals surface area contributed by atoms with Gasteiger partial charge in [-0.25, -0.2) is 9.37 Å². The number of hydrogen-bond donors (Lipinski definition) is 2. The minimum atomic E-state index is -0.309. The predicted molar refractivity (Wildman–Crippen MR) is 119 cm³/mol. The van der Waals surface area contributed by atoms with Crippen molar-refractivity contribution < 1.29 is 14.0 Å². The molecular formula is C22H19BrClFN4O2. The molecule has 0 spiro atoms. The zero-order valence-corrected chi connectivity index (χ0v) is 18.7. The van der Waals surface area contributed by atoms with Crippen LogP contribution in [0, 0.1) is 23.6 Å².